The highest BCUT2D eigenvalue weighted by molar-refractivity contribution is 5.94. The molecule has 2 N–H and O–H groups in total. The number of hydrogen-bond donors (Lipinski definition) is 1. The van der Waals surface area contributed by atoms with Crippen molar-refractivity contribution in [2.75, 3.05) is 25.4 Å². The number of carbonyl (C=O) groups excluding carboxylic acids is 2. The number of nitrogen functional groups attached to an aromatic ring is 1. The molecule has 1 aliphatic rings. The van der Waals surface area contributed by atoms with Crippen LogP contribution in [-0.4, -0.2) is 46.3 Å². The third-order valence-corrected chi connectivity index (χ3v) is 4.45. The van der Waals surface area contributed by atoms with Gasteiger partial charge in [0.1, 0.15) is 11.4 Å². The van der Waals surface area contributed by atoms with E-state index in [-0.39, 0.29) is 11.9 Å². The zero-order chi connectivity index (χ0) is 17.8. The van der Waals surface area contributed by atoms with E-state index in [0.29, 0.717) is 36.6 Å². The third kappa shape index (κ3) is 3.50. The van der Waals surface area contributed by atoms with Crippen molar-refractivity contribution in [3.8, 4) is 0 Å². The highest BCUT2D eigenvalue weighted by atomic mass is 16.5. The van der Waals surface area contributed by atoms with Crippen molar-refractivity contribution in [3.05, 3.63) is 47.7 Å². The van der Waals surface area contributed by atoms with E-state index >= 15 is 0 Å². The molecule has 1 saturated heterocycles. The zero-order valence-electron chi connectivity index (χ0n) is 14.2. The van der Waals surface area contributed by atoms with Crippen LogP contribution >= 0.6 is 0 Å². The first-order valence-corrected chi connectivity index (χ1v) is 8.46. The molecule has 1 fully saturated rings. The summed E-state index contributed by atoms with van der Waals surface area (Å²) in [6.07, 6.45) is 2.94. The molecule has 1 aliphatic heterocycles. The van der Waals surface area contributed by atoms with Gasteiger partial charge in [0.15, 0.2) is 0 Å². The summed E-state index contributed by atoms with van der Waals surface area (Å²) < 4.78 is 6.66. The Balaban J connectivity index is 1.65. The lowest BCUT2D eigenvalue weighted by molar-refractivity contribution is 0.0527. The molecule has 0 bridgehead atoms. The fraction of sp³-hybridized carbons (Fsp3) is 0.389. The number of carbonyl (C=O) groups is 2. The number of amides is 1. The van der Waals surface area contributed by atoms with Crippen LogP contribution in [0.5, 0.6) is 0 Å². The first-order chi connectivity index (χ1) is 12.1. The Morgan fingerprint density at radius 2 is 1.92 bits per heavy atom. The molecular formula is C18H22N4O3. The Morgan fingerprint density at radius 1 is 1.24 bits per heavy atom. The lowest BCUT2D eigenvalue weighted by Gasteiger charge is -2.32. The van der Waals surface area contributed by atoms with Crippen LogP contribution in [0.3, 0.4) is 0 Å². The maximum absolute atomic E-state index is 12.5. The smallest absolute Gasteiger partial charge is 0.343 e. The molecule has 0 atom stereocenters. The quantitative estimate of drug-likeness (QED) is 0.860. The number of nitrogens with zero attached hydrogens (tertiary/aromatic N) is 3. The molecule has 7 heteroatoms. The highest BCUT2D eigenvalue weighted by Crippen LogP contribution is 2.27. The lowest BCUT2D eigenvalue weighted by atomic mass is 10.0. The summed E-state index contributed by atoms with van der Waals surface area (Å²) in [6.45, 7) is 3.31. The number of esters is 1. The average Bonchev–Trinajstić information content (AvgIpc) is 3.04. The maximum atomic E-state index is 12.5. The number of benzene rings is 1. The standard InChI is InChI=1S/C18H22N4O3/c1-2-25-18(24)15-12-20-22(16(15)19)14-8-10-21(11-9-14)17(23)13-6-4-3-5-7-13/h3-7,12,14H,2,8-11,19H2,1H3. The molecule has 132 valence electrons. The Kier molecular flexibility index (Phi) is 5.02. The van der Waals surface area contributed by atoms with Crippen LogP contribution in [0.25, 0.3) is 0 Å². The van der Waals surface area contributed by atoms with Crippen molar-refractivity contribution < 1.29 is 14.3 Å². The first kappa shape index (κ1) is 17.0. The second kappa shape index (κ2) is 7.38. The van der Waals surface area contributed by atoms with E-state index in [1.54, 1.807) is 11.6 Å². The fourth-order valence-electron chi connectivity index (χ4n) is 3.11. The second-order valence-corrected chi connectivity index (χ2v) is 6.00. The van der Waals surface area contributed by atoms with Crippen molar-refractivity contribution in [2.45, 2.75) is 25.8 Å². The summed E-state index contributed by atoms with van der Waals surface area (Å²) in [5.41, 5.74) is 7.06. The number of nitrogens with two attached hydrogens (primary N) is 1. The molecule has 3 rings (SSSR count). The molecule has 0 radical (unpaired) electrons. The normalized spacial score (nSPS) is 15.2. The van der Waals surface area contributed by atoms with Gasteiger partial charge in [-0.2, -0.15) is 5.10 Å². The van der Waals surface area contributed by atoms with Gasteiger partial charge >= 0.3 is 5.97 Å². The van der Waals surface area contributed by atoms with Gasteiger partial charge in [0.2, 0.25) is 0 Å². The van der Waals surface area contributed by atoms with Gasteiger partial charge < -0.3 is 15.4 Å². The maximum Gasteiger partial charge on any atom is 0.343 e. The molecule has 0 saturated carbocycles. The summed E-state index contributed by atoms with van der Waals surface area (Å²) in [5.74, 6) is -0.0890. The Morgan fingerprint density at radius 3 is 2.56 bits per heavy atom. The largest absolute Gasteiger partial charge is 0.462 e. The topological polar surface area (TPSA) is 90.5 Å². The van der Waals surface area contributed by atoms with Crippen molar-refractivity contribution in [2.24, 2.45) is 0 Å². The van der Waals surface area contributed by atoms with Gasteiger partial charge in [-0.1, -0.05) is 18.2 Å². The van der Waals surface area contributed by atoms with Crippen molar-refractivity contribution in [3.63, 3.8) is 0 Å². The van der Waals surface area contributed by atoms with Crippen molar-refractivity contribution in [1.29, 1.82) is 0 Å². The molecular weight excluding hydrogens is 320 g/mol. The van der Waals surface area contributed by atoms with Crippen LogP contribution in [0.2, 0.25) is 0 Å². The van der Waals surface area contributed by atoms with Crippen molar-refractivity contribution >= 4 is 17.7 Å². The van der Waals surface area contributed by atoms with E-state index < -0.39 is 5.97 Å². The molecule has 1 aromatic heterocycles. The number of anilines is 1. The molecule has 2 aromatic rings. The lowest BCUT2D eigenvalue weighted by Crippen LogP contribution is -2.39. The van der Waals surface area contributed by atoms with E-state index in [4.69, 9.17) is 10.5 Å². The van der Waals surface area contributed by atoms with Crippen LogP contribution in [0.4, 0.5) is 5.82 Å². The zero-order valence-corrected chi connectivity index (χ0v) is 14.2. The predicted octanol–water partition coefficient (Wildman–Crippen LogP) is 2.12. The SMILES string of the molecule is CCOC(=O)c1cnn(C2CCN(C(=O)c3ccccc3)CC2)c1N. The van der Waals surface area contributed by atoms with Crippen LogP contribution in [0.1, 0.15) is 46.5 Å². The van der Waals surface area contributed by atoms with Gasteiger partial charge in [-0.25, -0.2) is 9.48 Å². The minimum atomic E-state index is -0.456. The molecule has 1 aromatic carbocycles. The number of rotatable bonds is 4. The molecule has 2 heterocycles. The molecule has 1 amide bonds. The third-order valence-electron chi connectivity index (χ3n) is 4.45. The highest BCUT2D eigenvalue weighted by Gasteiger charge is 2.27. The van der Waals surface area contributed by atoms with Crippen LogP contribution < -0.4 is 5.73 Å². The molecule has 0 spiro atoms. The second-order valence-electron chi connectivity index (χ2n) is 6.00. The van der Waals surface area contributed by atoms with Crippen LogP contribution in [0, 0.1) is 0 Å². The van der Waals surface area contributed by atoms with Gasteiger partial charge in [-0.15, -0.1) is 0 Å². The predicted molar refractivity (Wildman–Crippen MR) is 93.2 cm³/mol. The Labute approximate surface area is 146 Å². The Hall–Kier alpha value is -2.83. The number of piperidine rings is 1. The summed E-state index contributed by atoms with van der Waals surface area (Å²) >= 11 is 0. The van der Waals surface area contributed by atoms with Gasteiger partial charge in [0, 0.05) is 18.7 Å². The summed E-state index contributed by atoms with van der Waals surface area (Å²) in [6, 6.07) is 9.34. The van der Waals surface area contributed by atoms with Gasteiger partial charge in [0.25, 0.3) is 5.91 Å². The van der Waals surface area contributed by atoms with Gasteiger partial charge in [-0.3, -0.25) is 4.79 Å². The molecule has 7 nitrogen and oxygen atoms in total. The van der Waals surface area contributed by atoms with E-state index in [0.717, 1.165) is 12.8 Å². The monoisotopic (exact) mass is 342 g/mol. The molecule has 25 heavy (non-hydrogen) atoms. The minimum Gasteiger partial charge on any atom is -0.462 e. The minimum absolute atomic E-state index is 0.0414. The molecule has 0 aliphatic carbocycles. The summed E-state index contributed by atoms with van der Waals surface area (Å²) in [4.78, 5) is 26.2. The summed E-state index contributed by atoms with van der Waals surface area (Å²) in [5, 5.41) is 4.26. The van der Waals surface area contributed by atoms with E-state index in [1.165, 1.54) is 6.20 Å². The fourth-order valence-corrected chi connectivity index (χ4v) is 3.11. The van der Waals surface area contributed by atoms with E-state index in [2.05, 4.69) is 5.10 Å². The molecule has 0 unspecified atom stereocenters. The van der Waals surface area contributed by atoms with Crippen LogP contribution in [-0.2, 0) is 4.74 Å². The van der Waals surface area contributed by atoms with E-state index in [9.17, 15) is 9.59 Å². The number of likely N-dealkylation sites (tertiary alicyclic amines) is 1. The average molecular weight is 342 g/mol. The Bertz CT molecular complexity index is 749. The summed E-state index contributed by atoms with van der Waals surface area (Å²) in [7, 11) is 0. The number of aromatic nitrogens is 2. The van der Waals surface area contributed by atoms with Crippen LogP contribution in [0.15, 0.2) is 36.5 Å². The van der Waals surface area contributed by atoms with E-state index in [1.807, 2.05) is 35.2 Å². The van der Waals surface area contributed by atoms with Crippen molar-refractivity contribution in [1.82, 2.24) is 14.7 Å². The number of ether oxygens (including phenoxy) is 1. The number of hydrogen-bond acceptors (Lipinski definition) is 5. The van der Waals surface area contributed by atoms with Gasteiger partial charge in [-0.05, 0) is 31.9 Å². The van der Waals surface area contributed by atoms with Gasteiger partial charge in [0.05, 0.1) is 18.8 Å². The first-order valence-electron chi connectivity index (χ1n) is 8.46.